The van der Waals surface area contributed by atoms with Crippen LogP contribution in [0.15, 0.2) is 24.3 Å². The van der Waals surface area contributed by atoms with Gasteiger partial charge in [0.15, 0.2) is 17.5 Å². The summed E-state index contributed by atoms with van der Waals surface area (Å²) >= 11 is 0. The van der Waals surface area contributed by atoms with E-state index in [9.17, 15) is 13.2 Å². The van der Waals surface area contributed by atoms with Crippen LogP contribution in [0.1, 0.15) is 69.8 Å². The van der Waals surface area contributed by atoms with Crippen molar-refractivity contribution in [3.63, 3.8) is 0 Å². The fraction of sp³-hybridized carbons (Fsp3) is 0.579. The lowest BCUT2D eigenvalue weighted by molar-refractivity contribution is 0.302. The molecule has 0 saturated heterocycles. The third kappa shape index (κ3) is 4.62. The molecule has 1 aromatic rings. The molecule has 0 spiro atoms. The van der Waals surface area contributed by atoms with Crippen LogP contribution in [0.3, 0.4) is 0 Å². The SMILES string of the molecule is C/C=C/CCCCC1CCC(c2cc(F)c(F)c(F)c2)CC1. The summed E-state index contributed by atoms with van der Waals surface area (Å²) in [5, 5.41) is 0. The first-order valence-corrected chi connectivity index (χ1v) is 8.37. The van der Waals surface area contributed by atoms with Crippen LogP contribution in [0, 0.1) is 23.4 Å². The van der Waals surface area contributed by atoms with Gasteiger partial charge in [0.25, 0.3) is 0 Å². The average Bonchev–Trinajstić information content (AvgIpc) is 2.52. The van der Waals surface area contributed by atoms with Crippen LogP contribution in [0.4, 0.5) is 13.2 Å². The van der Waals surface area contributed by atoms with E-state index in [1.54, 1.807) is 0 Å². The molecule has 1 aliphatic rings. The number of rotatable bonds is 6. The molecule has 22 heavy (non-hydrogen) atoms. The normalized spacial score (nSPS) is 22.4. The summed E-state index contributed by atoms with van der Waals surface area (Å²) in [6.45, 7) is 2.04. The molecule has 2 rings (SSSR count). The fourth-order valence-electron chi connectivity index (χ4n) is 3.46. The lowest BCUT2D eigenvalue weighted by atomic mass is 9.77. The molecule has 0 atom stereocenters. The summed E-state index contributed by atoms with van der Waals surface area (Å²) in [4.78, 5) is 0. The maximum absolute atomic E-state index is 13.3. The van der Waals surface area contributed by atoms with Gasteiger partial charge in [0, 0.05) is 0 Å². The lowest BCUT2D eigenvalue weighted by Crippen LogP contribution is -2.14. The van der Waals surface area contributed by atoms with Crippen molar-refractivity contribution in [2.24, 2.45) is 5.92 Å². The van der Waals surface area contributed by atoms with Gasteiger partial charge < -0.3 is 0 Å². The second-order valence-corrected chi connectivity index (χ2v) is 6.37. The monoisotopic (exact) mass is 310 g/mol. The van der Waals surface area contributed by atoms with Gasteiger partial charge in [0.05, 0.1) is 0 Å². The standard InChI is InChI=1S/C19H25F3/c1-2-3-4-5-6-7-14-8-10-15(11-9-14)16-12-17(20)19(22)18(21)13-16/h2-3,12-15H,4-11H2,1H3/b3-2+. The van der Waals surface area contributed by atoms with Gasteiger partial charge in [-0.2, -0.15) is 0 Å². The van der Waals surface area contributed by atoms with Crippen LogP contribution >= 0.6 is 0 Å². The molecule has 0 heterocycles. The van der Waals surface area contributed by atoms with E-state index in [0.717, 1.165) is 38.0 Å². The second kappa shape index (κ2) is 8.40. The molecule has 3 heteroatoms. The number of benzene rings is 1. The Bertz CT molecular complexity index is 476. The van der Waals surface area contributed by atoms with Crippen LogP contribution in [-0.2, 0) is 0 Å². The highest BCUT2D eigenvalue weighted by atomic mass is 19.2. The van der Waals surface area contributed by atoms with Crippen molar-refractivity contribution >= 4 is 0 Å². The quantitative estimate of drug-likeness (QED) is 0.319. The minimum atomic E-state index is -1.36. The zero-order chi connectivity index (χ0) is 15.9. The maximum atomic E-state index is 13.3. The average molecular weight is 310 g/mol. The van der Waals surface area contributed by atoms with Gasteiger partial charge in [0.1, 0.15) is 0 Å². The van der Waals surface area contributed by atoms with Gasteiger partial charge in [-0.05, 0) is 75.0 Å². The lowest BCUT2D eigenvalue weighted by Gasteiger charge is -2.29. The van der Waals surface area contributed by atoms with E-state index in [1.165, 1.54) is 31.4 Å². The highest BCUT2D eigenvalue weighted by Gasteiger charge is 2.24. The van der Waals surface area contributed by atoms with Crippen LogP contribution in [0.25, 0.3) is 0 Å². The third-order valence-corrected chi connectivity index (χ3v) is 4.79. The molecular formula is C19H25F3. The molecule has 1 saturated carbocycles. The van der Waals surface area contributed by atoms with E-state index in [2.05, 4.69) is 12.2 Å². The summed E-state index contributed by atoms with van der Waals surface area (Å²) < 4.78 is 39.7. The number of unbranched alkanes of at least 4 members (excludes halogenated alkanes) is 2. The number of hydrogen-bond donors (Lipinski definition) is 0. The van der Waals surface area contributed by atoms with Gasteiger partial charge >= 0.3 is 0 Å². The van der Waals surface area contributed by atoms with Gasteiger partial charge in [-0.1, -0.05) is 25.0 Å². The molecule has 122 valence electrons. The predicted molar refractivity (Wildman–Crippen MR) is 84.3 cm³/mol. The van der Waals surface area contributed by atoms with Crippen molar-refractivity contribution < 1.29 is 13.2 Å². The summed E-state index contributed by atoms with van der Waals surface area (Å²) in [6, 6.07) is 2.33. The Hall–Kier alpha value is -1.25. The van der Waals surface area contributed by atoms with Crippen LogP contribution in [-0.4, -0.2) is 0 Å². The van der Waals surface area contributed by atoms with E-state index >= 15 is 0 Å². The Kier molecular flexibility index (Phi) is 6.53. The molecule has 1 fully saturated rings. The van der Waals surface area contributed by atoms with E-state index < -0.39 is 17.5 Å². The molecule has 0 unspecified atom stereocenters. The van der Waals surface area contributed by atoms with Gasteiger partial charge in [-0.3, -0.25) is 0 Å². The molecule has 0 aromatic heterocycles. The zero-order valence-electron chi connectivity index (χ0n) is 13.3. The molecule has 1 aromatic carbocycles. The molecule has 0 aliphatic heterocycles. The van der Waals surface area contributed by atoms with Gasteiger partial charge in [0.2, 0.25) is 0 Å². The first-order valence-electron chi connectivity index (χ1n) is 8.37. The number of allylic oxidation sites excluding steroid dienone is 2. The molecule has 0 radical (unpaired) electrons. The third-order valence-electron chi connectivity index (χ3n) is 4.79. The molecule has 0 N–H and O–H groups in total. The molecule has 0 bridgehead atoms. The number of halogens is 3. The van der Waals surface area contributed by atoms with Crippen molar-refractivity contribution in [2.75, 3.05) is 0 Å². The summed E-state index contributed by atoms with van der Waals surface area (Å²) in [5.74, 6) is -2.60. The maximum Gasteiger partial charge on any atom is 0.194 e. The number of hydrogen-bond acceptors (Lipinski definition) is 0. The van der Waals surface area contributed by atoms with Crippen LogP contribution in [0.5, 0.6) is 0 Å². The van der Waals surface area contributed by atoms with Gasteiger partial charge in [-0.15, -0.1) is 0 Å². The Morgan fingerprint density at radius 1 is 1.00 bits per heavy atom. The fourth-order valence-corrected chi connectivity index (χ4v) is 3.46. The Balaban J connectivity index is 1.79. The first-order chi connectivity index (χ1) is 10.6. The largest absolute Gasteiger partial charge is 0.204 e. The van der Waals surface area contributed by atoms with Crippen LogP contribution in [0.2, 0.25) is 0 Å². The molecule has 0 amide bonds. The first kappa shape index (κ1) is 17.1. The van der Waals surface area contributed by atoms with E-state index in [0.29, 0.717) is 5.56 Å². The Morgan fingerprint density at radius 2 is 1.64 bits per heavy atom. The van der Waals surface area contributed by atoms with Crippen molar-refractivity contribution in [3.8, 4) is 0 Å². The molecule has 1 aliphatic carbocycles. The van der Waals surface area contributed by atoms with Crippen molar-refractivity contribution in [3.05, 3.63) is 47.3 Å². The smallest absolute Gasteiger partial charge is 0.194 e. The minimum absolute atomic E-state index is 0.170. The zero-order valence-corrected chi connectivity index (χ0v) is 13.3. The second-order valence-electron chi connectivity index (χ2n) is 6.37. The van der Waals surface area contributed by atoms with E-state index in [4.69, 9.17) is 0 Å². The highest BCUT2D eigenvalue weighted by molar-refractivity contribution is 5.23. The minimum Gasteiger partial charge on any atom is -0.204 e. The molecular weight excluding hydrogens is 285 g/mol. The summed E-state index contributed by atoms with van der Waals surface area (Å²) in [5.41, 5.74) is 0.614. The molecule has 0 nitrogen and oxygen atoms in total. The van der Waals surface area contributed by atoms with Crippen molar-refractivity contribution in [2.45, 2.75) is 64.2 Å². The Morgan fingerprint density at radius 3 is 2.23 bits per heavy atom. The summed E-state index contributed by atoms with van der Waals surface area (Å²) in [6.07, 6.45) is 13.3. The van der Waals surface area contributed by atoms with Crippen LogP contribution < -0.4 is 0 Å². The summed E-state index contributed by atoms with van der Waals surface area (Å²) in [7, 11) is 0. The van der Waals surface area contributed by atoms with Crippen molar-refractivity contribution in [1.29, 1.82) is 0 Å². The van der Waals surface area contributed by atoms with Crippen molar-refractivity contribution in [1.82, 2.24) is 0 Å². The van der Waals surface area contributed by atoms with E-state index in [1.807, 2.05) is 6.92 Å². The Labute approximate surface area is 131 Å². The topological polar surface area (TPSA) is 0 Å². The van der Waals surface area contributed by atoms with Gasteiger partial charge in [-0.25, -0.2) is 13.2 Å². The highest BCUT2D eigenvalue weighted by Crippen LogP contribution is 2.38. The predicted octanol–water partition coefficient (Wildman–Crippen LogP) is 6.51. The van der Waals surface area contributed by atoms with E-state index in [-0.39, 0.29) is 5.92 Å².